The summed E-state index contributed by atoms with van der Waals surface area (Å²) in [6.45, 7) is 0. The van der Waals surface area contributed by atoms with Crippen LogP contribution in [0.5, 0.6) is 0 Å². The van der Waals surface area contributed by atoms with Gasteiger partial charge in [-0.1, -0.05) is 19.3 Å². The molecule has 1 aliphatic rings. The molecule has 0 heterocycles. The summed E-state index contributed by atoms with van der Waals surface area (Å²) in [7, 11) is 1.87. The van der Waals surface area contributed by atoms with Gasteiger partial charge in [-0.15, -0.1) is 0 Å². The highest BCUT2D eigenvalue weighted by Gasteiger charge is 2.22. The fraction of sp³-hybridized carbons (Fsp3) is 0.467. The second kappa shape index (κ2) is 6.41. The molecule has 5 heteroatoms. The van der Waals surface area contributed by atoms with Crippen molar-refractivity contribution in [3.05, 3.63) is 29.8 Å². The summed E-state index contributed by atoms with van der Waals surface area (Å²) in [5, 5.41) is 2.48. The molecule has 0 aromatic heterocycles. The number of primary amides is 1. The lowest BCUT2D eigenvalue weighted by Gasteiger charge is -2.31. The summed E-state index contributed by atoms with van der Waals surface area (Å²) >= 11 is 0. The molecule has 1 aliphatic carbocycles. The minimum absolute atomic E-state index is 0.0301. The number of hydrogen-bond acceptors (Lipinski definition) is 2. The standard InChI is InChI=1S/C15H21N3O2/c1-18(13-5-3-2-4-6-13)14(19)11-7-9-12(10-8-11)17-15(16)20/h7-10,13H,2-6H2,1H3,(H3,16,17,20). The van der Waals surface area contributed by atoms with E-state index < -0.39 is 6.03 Å². The lowest BCUT2D eigenvalue weighted by Crippen LogP contribution is -2.38. The third-order valence-electron chi connectivity index (χ3n) is 3.84. The number of amides is 3. The van der Waals surface area contributed by atoms with Gasteiger partial charge in [0.2, 0.25) is 0 Å². The lowest BCUT2D eigenvalue weighted by molar-refractivity contribution is 0.0696. The minimum Gasteiger partial charge on any atom is -0.351 e. The van der Waals surface area contributed by atoms with Gasteiger partial charge in [-0.05, 0) is 37.1 Å². The molecular weight excluding hydrogens is 254 g/mol. The van der Waals surface area contributed by atoms with Gasteiger partial charge in [0.25, 0.3) is 5.91 Å². The average molecular weight is 275 g/mol. The fourth-order valence-corrected chi connectivity index (χ4v) is 2.68. The molecule has 0 atom stereocenters. The molecule has 0 unspecified atom stereocenters. The predicted octanol–water partition coefficient (Wildman–Crippen LogP) is 2.58. The fourth-order valence-electron chi connectivity index (χ4n) is 2.68. The van der Waals surface area contributed by atoms with Gasteiger partial charge in [0.1, 0.15) is 0 Å². The Balaban J connectivity index is 2.02. The molecule has 1 saturated carbocycles. The van der Waals surface area contributed by atoms with Crippen LogP contribution < -0.4 is 11.1 Å². The van der Waals surface area contributed by atoms with E-state index in [9.17, 15) is 9.59 Å². The van der Waals surface area contributed by atoms with Crippen LogP contribution in [0.15, 0.2) is 24.3 Å². The molecule has 1 aromatic carbocycles. The first-order valence-electron chi connectivity index (χ1n) is 7.01. The van der Waals surface area contributed by atoms with Crippen LogP contribution in [-0.4, -0.2) is 29.9 Å². The van der Waals surface area contributed by atoms with Crippen LogP contribution in [0.3, 0.4) is 0 Å². The summed E-state index contributed by atoms with van der Waals surface area (Å²) in [6, 6.07) is 6.54. The number of rotatable bonds is 3. The average Bonchev–Trinajstić information content (AvgIpc) is 2.47. The zero-order valence-corrected chi connectivity index (χ0v) is 11.8. The van der Waals surface area contributed by atoms with E-state index in [4.69, 9.17) is 5.73 Å². The monoisotopic (exact) mass is 275 g/mol. The Kier molecular flexibility index (Phi) is 4.61. The number of nitrogens with one attached hydrogen (secondary N) is 1. The normalized spacial score (nSPS) is 15.7. The number of benzene rings is 1. The summed E-state index contributed by atoms with van der Waals surface area (Å²) in [4.78, 5) is 25.0. The van der Waals surface area contributed by atoms with Gasteiger partial charge in [-0.25, -0.2) is 4.79 Å². The van der Waals surface area contributed by atoms with Gasteiger partial charge in [0, 0.05) is 24.3 Å². The molecule has 1 aromatic rings. The Bertz CT molecular complexity index is 478. The van der Waals surface area contributed by atoms with E-state index in [-0.39, 0.29) is 5.91 Å². The molecular formula is C15H21N3O2. The van der Waals surface area contributed by atoms with Crippen molar-refractivity contribution in [1.29, 1.82) is 0 Å². The third kappa shape index (κ3) is 3.50. The highest BCUT2D eigenvalue weighted by atomic mass is 16.2. The quantitative estimate of drug-likeness (QED) is 0.889. The number of anilines is 1. The molecule has 20 heavy (non-hydrogen) atoms. The minimum atomic E-state index is -0.608. The van der Waals surface area contributed by atoms with Crippen molar-refractivity contribution in [3.63, 3.8) is 0 Å². The van der Waals surface area contributed by atoms with Crippen LogP contribution in [0.25, 0.3) is 0 Å². The number of carbonyl (C=O) groups is 2. The number of nitrogens with two attached hydrogens (primary N) is 1. The summed E-state index contributed by atoms with van der Waals surface area (Å²) in [5.74, 6) is 0.0301. The Morgan fingerprint density at radius 2 is 1.75 bits per heavy atom. The molecule has 0 radical (unpaired) electrons. The molecule has 0 spiro atoms. The summed E-state index contributed by atoms with van der Waals surface area (Å²) in [5.41, 5.74) is 6.27. The van der Waals surface area contributed by atoms with Crippen molar-refractivity contribution in [2.75, 3.05) is 12.4 Å². The number of urea groups is 1. The van der Waals surface area contributed by atoms with Gasteiger partial charge in [-0.3, -0.25) is 4.79 Å². The van der Waals surface area contributed by atoms with E-state index in [1.807, 2.05) is 11.9 Å². The Hall–Kier alpha value is -2.04. The smallest absolute Gasteiger partial charge is 0.316 e. The Labute approximate surface area is 119 Å². The Morgan fingerprint density at radius 3 is 2.30 bits per heavy atom. The Morgan fingerprint density at radius 1 is 1.15 bits per heavy atom. The van der Waals surface area contributed by atoms with Gasteiger partial charge < -0.3 is 16.0 Å². The highest BCUT2D eigenvalue weighted by molar-refractivity contribution is 5.95. The molecule has 0 bridgehead atoms. The third-order valence-corrected chi connectivity index (χ3v) is 3.84. The summed E-state index contributed by atoms with van der Waals surface area (Å²) in [6.07, 6.45) is 5.84. The van der Waals surface area contributed by atoms with Crippen LogP contribution in [-0.2, 0) is 0 Å². The highest BCUT2D eigenvalue weighted by Crippen LogP contribution is 2.23. The van der Waals surface area contributed by atoms with E-state index in [1.54, 1.807) is 24.3 Å². The first kappa shape index (κ1) is 14.4. The van der Waals surface area contributed by atoms with Crippen molar-refractivity contribution in [2.24, 2.45) is 5.73 Å². The number of carbonyl (C=O) groups excluding carboxylic acids is 2. The first-order valence-corrected chi connectivity index (χ1v) is 7.01. The molecule has 0 saturated heterocycles. The SMILES string of the molecule is CN(C(=O)c1ccc(NC(N)=O)cc1)C1CCCCC1. The molecule has 0 aliphatic heterocycles. The molecule has 1 fully saturated rings. The van der Waals surface area contributed by atoms with E-state index in [0.29, 0.717) is 17.3 Å². The van der Waals surface area contributed by atoms with Crippen LogP contribution in [0.2, 0.25) is 0 Å². The molecule has 2 rings (SSSR count). The number of nitrogens with zero attached hydrogens (tertiary/aromatic N) is 1. The van der Waals surface area contributed by atoms with Crippen molar-refractivity contribution in [3.8, 4) is 0 Å². The van der Waals surface area contributed by atoms with Gasteiger partial charge >= 0.3 is 6.03 Å². The van der Waals surface area contributed by atoms with Crippen LogP contribution in [0.1, 0.15) is 42.5 Å². The maximum Gasteiger partial charge on any atom is 0.316 e. The maximum atomic E-state index is 12.4. The van der Waals surface area contributed by atoms with Crippen molar-refractivity contribution in [1.82, 2.24) is 4.90 Å². The van der Waals surface area contributed by atoms with Gasteiger partial charge in [0.05, 0.1) is 0 Å². The van der Waals surface area contributed by atoms with E-state index in [2.05, 4.69) is 5.32 Å². The van der Waals surface area contributed by atoms with Crippen molar-refractivity contribution in [2.45, 2.75) is 38.1 Å². The van der Waals surface area contributed by atoms with E-state index in [1.165, 1.54) is 19.3 Å². The second-order valence-electron chi connectivity index (χ2n) is 5.27. The first-order chi connectivity index (χ1) is 9.58. The second-order valence-corrected chi connectivity index (χ2v) is 5.27. The molecule has 108 valence electrons. The molecule has 3 amide bonds. The van der Waals surface area contributed by atoms with Crippen LogP contribution in [0.4, 0.5) is 10.5 Å². The molecule has 5 nitrogen and oxygen atoms in total. The topological polar surface area (TPSA) is 75.4 Å². The van der Waals surface area contributed by atoms with Crippen molar-refractivity contribution < 1.29 is 9.59 Å². The van der Waals surface area contributed by atoms with Crippen LogP contribution in [0, 0.1) is 0 Å². The zero-order valence-electron chi connectivity index (χ0n) is 11.8. The summed E-state index contributed by atoms with van der Waals surface area (Å²) < 4.78 is 0. The predicted molar refractivity (Wildman–Crippen MR) is 78.6 cm³/mol. The molecule has 3 N–H and O–H groups in total. The maximum absolute atomic E-state index is 12.4. The van der Waals surface area contributed by atoms with E-state index in [0.717, 1.165) is 12.8 Å². The zero-order chi connectivity index (χ0) is 14.5. The van der Waals surface area contributed by atoms with Crippen molar-refractivity contribution >= 4 is 17.6 Å². The lowest BCUT2D eigenvalue weighted by atomic mass is 9.94. The largest absolute Gasteiger partial charge is 0.351 e. The number of hydrogen-bond donors (Lipinski definition) is 2. The van der Waals surface area contributed by atoms with Gasteiger partial charge in [-0.2, -0.15) is 0 Å². The van der Waals surface area contributed by atoms with E-state index >= 15 is 0 Å². The van der Waals surface area contributed by atoms with Gasteiger partial charge in [0.15, 0.2) is 0 Å². The van der Waals surface area contributed by atoms with Crippen LogP contribution >= 0.6 is 0 Å².